The summed E-state index contributed by atoms with van der Waals surface area (Å²) in [6, 6.07) is 0. The van der Waals surface area contributed by atoms with Gasteiger partial charge in [0.25, 0.3) is 5.91 Å². The summed E-state index contributed by atoms with van der Waals surface area (Å²) in [6.45, 7) is 12.5. The summed E-state index contributed by atoms with van der Waals surface area (Å²) in [5, 5.41) is 0.727. The van der Waals surface area contributed by atoms with Gasteiger partial charge in [0.15, 0.2) is 11.6 Å². The highest BCUT2D eigenvalue weighted by Gasteiger charge is 2.40. The fourth-order valence-corrected chi connectivity index (χ4v) is 4.41. The van der Waals surface area contributed by atoms with Gasteiger partial charge in [-0.25, -0.2) is 4.98 Å². The summed E-state index contributed by atoms with van der Waals surface area (Å²) in [4.78, 5) is 30.8. The van der Waals surface area contributed by atoms with Crippen molar-refractivity contribution >= 4 is 25.1 Å². The molecule has 1 amide bonds. The number of Topliss-reactive ketones (excluding diaryl/α,β-unsaturated/α-hetero) is 1. The molecule has 1 aliphatic heterocycles. The van der Waals surface area contributed by atoms with Crippen LogP contribution < -0.4 is 11.1 Å². The topological polar surface area (TPSA) is 89.4 Å². The quantitative estimate of drug-likeness (QED) is 0.781. The molecule has 1 aromatic heterocycles. The molecule has 2 atom stereocenters. The minimum Gasteiger partial charge on any atom is -0.450 e. The van der Waals surface area contributed by atoms with Gasteiger partial charge in [0, 0.05) is 18.9 Å². The van der Waals surface area contributed by atoms with Crippen molar-refractivity contribution in [1.82, 2.24) is 9.88 Å². The number of aromatic nitrogens is 1. The van der Waals surface area contributed by atoms with E-state index in [2.05, 4.69) is 24.6 Å². The summed E-state index contributed by atoms with van der Waals surface area (Å²) in [5.41, 5.74) is 6.07. The van der Waals surface area contributed by atoms with E-state index in [1.54, 1.807) is 11.8 Å². The van der Waals surface area contributed by atoms with Crippen LogP contribution in [-0.4, -0.2) is 41.9 Å². The average Bonchev–Trinajstić information content (AvgIpc) is 3.06. The molecule has 6 nitrogen and oxygen atoms in total. The predicted molar refractivity (Wildman–Crippen MR) is 101 cm³/mol. The van der Waals surface area contributed by atoms with Crippen molar-refractivity contribution in [3.8, 4) is 0 Å². The Kier molecular flexibility index (Phi) is 5.58. The maximum atomic E-state index is 13.1. The number of carbonyl (C=O) groups excluding carboxylic acids is 2. The Hall–Kier alpha value is -1.47. The highest BCUT2D eigenvalue weighted by Crippen LogP contribution is 2.26. The molecule has 0 radical (unpaired) electrons. The number of rotatable bonds is 6. The molecule has 1 saturated heterocycles. The molecule has 0 saturated carbocycles. The van der Waals surface area contributed by atoms with Gasteiger partial charge in [-0.15, -0.1) is 0 Å². The van der Waals surface area contributed by atoms with Crippen molar-refractivity contribution < 1.29 is 14.0 Å². The molecule has 1 aliphatic rings. The molecule has 0 bridgehead atoms. The number of amides is 1. The zero-order valence-corrected chi connectivity index (χ0v) is 17.3. The summed E-state index contributed by atoms with van der Waals surface area (Å²) in [6.07, 6.45) is 2.93. The number of carbonyl (C=O) groups is 2. The third kappa shape index (κ3) is 4.38. The third-order valence-electron chi connectivity index (χ3n) is 4.97. The number of aryl methyl sites for hydroxylation is 1. The minimum atomic E-state index is -1.88. The van der Waals surface area contributed by atoms with E-state index in [9.17, 15) is 9.59 Å². The van der Waals surface area contributed by atoms with Crippen molar-refractivity contribution in [2.75, 3.05) is 6.54 Å². The Morgan fingerprint density at radius 1 is 1.40 bits per heavy atom. The first-order valence-electron chi connectivity index (χ1n) is 9.05. The Labute approximate surface area is 151 Å². The van der Waals surface area contributed by atoms with Crippen molar-refractivity contribution in [3.63, 3.8) is 0 Å². The van der Waals surface area contributed by atoms with Gasteiger partial charge in [-0.2, -0.15) is 0 Å². The van der Waals surface area contributed by atoms with E-state index in [0.717, 1.165) is 18.2 Å². The van der Waals surface area contributed by atoms with Gasteiger partial charge in [-0.05, 0) is 33.1 Å². The molecule has 2 heterocycles. The molecule has 140 valence electrons. The minimum absolute atomic E-state index is 0.0349. The molecule has 0 unspecified atom stereocenters. The van der Waals surface area contributed by atoms with E-state index < -0.39 is 13.7 Å². The van der Waals surface area contributed by atoms with Crippen molar-refractivity contribution in [3.05, 3.63) is 11.6 Å². The van der Waals surface area contributed by atoms with Crippen LogP contribution in [0.2, 0.25) is 19.6 Å². The summed E-state index contributed by atoms with van der Waals surface area (Å²) in [5.74, 6) is 0.540. The zero-order valence-electron chi connectivity index (χ0n) is 16.3. The number of likely N-dealkylation sites (tertiary alicyclic amines) is 1. The lowest BCUT2D eigenvalue weighted by molar-refractivity contribution is -0.120. The highest BCUT2D eigenvalue weighted by atomic mass is 28.3. The van der Waals surface area contributed by atoms with Crippen LogP contribution in [0.3, 0.4) is 0 Å². The normalized spacial score (nSPS) is 22.3. The number of ketones is 1. The summed E-state index contributed by atoms with van der Waals surface area (Å²) < 4.78 is 6.01. The second kappa shape index (κ2) is 7.03. The van der Waals surface area contributed by atoms with Crippen LogP contribution in [0.5, 0.6) is 0 Å². The van der Waals surface area contributed by atoms with E-state index in [1.165, 1.54) is 0 Å². The second-order valence-electron chi connectivity index (χ2n) is 8.50. The lowest BCUT2D eigenvalue weighted by atomic mass is 10.0. The van der Waals surface area contributed by atoms with Gasteiger partial charge in [0.2, 0.25) is 0 Å². The fourth-order valence-electron chi connectivity index (χ4n) is 3.11. The molecule has 0 aliphatic carbocycles. The standard InChI is InChI=1S/C18H31N3O3Si/c1-12(13(2)22)8-9-14-20-15(17(24-14)25(4,5)6)16(23)21-11-7-10-18(21,3)19/h12H,7-11,19H2,1-6H3/t12-,18-/m0/s1. The van der Waals surface area contributed by atoms with Crippen LogP contribution in [-0.2, 0) is 11.2 Å². The smallest absolute Gasteiger partial charge is 0.277 e. The van der Waals surface area contributed by atoms with E-state index in [1.807, 2.05) is 13.8 Å². The number of nitrogens with two attached hydrogens (primary N) is 1. The lowest BCUT2D eigenvalue weighted by Gasteiger charge is -2.31. The Morgan fingerprint density at radius 2 is 2.04 bits per heavy atom. The molecule has 25 heavy (non-hydrogen) atoms. The van der Waals surface area contributed by atoms with Gasteiger partial charge in [-0.1, -0.05) is 26.6 Å². The first kappa shape index (κ1) is 19.8. The monoisotopic (exact) mass is 365 g/mol. The van der Waals surface area contributed by atoms with E-state index in [4.69, 9.17) is 10.2 Å². The lowest BCUT2D eigenvalue weighted by Crippen LogP contribution is -2.53. The summed E-state index contributed by atoms with van der Waals surface area (Å²) >= 11 is 0. The van der Waals surface area contributed by atoms with E-state index in [-0.39, 0.29) is 17.6 Å². The van der Waals surface area contributed by atoms with Crippen LogP contribution >= 0.6 is 0 Å². The van der Waals surface area contributed by atoms with Crippen LogP contribution in [0, 0.1) is 5.92 Å². The Morgan fingerprint density at radius 3 is 2.52 bits per heavy atom. The Bertz CT molecular complexity index is 661. The maximum Gasteiger partial charge on any atom is 0.277 e. The molecule has 0 aromatic carbocycles. The van der Waals surface area contributed by atoms with E-state index in [0.29, 0.717) is 31.0 Å². The molecular formula is C18H31N3O3Si. The van der Waals surface area contributed by atoms with Gasteiger partial charge < -0.3 is 15.1 Å². The molecule has 2 rings (SSSR count). The first-order valence-corrected chi connectivity index (χ1v) is 12.5. The van der Waals surface area contributed by atoms with Crippen molar-refractivity contribution in [1.29, 1.82) is 0 Å². The van der Waals surface area contributed by atoms with Crippen molar-refractivity contribution in [2.24, 2.45) is 11.7 Å². The zero-order chi connectivity index (χ0) is 19.0. The molecule has 1 aromatic rings. The van der Waals surface area contributed by atoms with Gasteiger partial charge in [-0.3, -0.25) is 9.59 Å². The molecule has 0 spiro atoms. The fraction of sp³-hybridized carbons (Fsp3) is 0.722. The van der Waals surface area contributed by atoms with Crippen LogP contribution in [0.15, 0.2) is 4.42 Å². The van der Waals surface area contributed by atoms with Crippen LogP contribution in [0.4, 0.5) is 0 Å². The van der Waals surface area contributed by atoms with Gasteiger partial charge in [0.1, 0.15) is 19.2 Å². The highest BCUT2D eigenvalue weighted by molar-refractivity contribution is 6.88. The second-order valence-corrected chi connectivity index (χ2v) is 13.5. The number of oxazole rings is 1. The molecule has 7 heteroatoms. The Balaban J connectivity index is 2.30. The van der Waals surface area contributed by atoms with Gasteiger partial charge >= 0.3 is 0 Å². The summed E-state index contributed by atoms with van der Waals surface area (Å²) in [7, 11) is -1.88. The largest absolute Gasteiger partial charge is 0.450 e. The SMILES string of the molecule is CC(=O)[C@@H](C)CCc1nc(C(=O)N2CCC[C@@]2(C)N)c([Si](C)(C)C)o1. The number of hydrogen-bond acceptors (Lipinski definition) is 5. The van der Waals surface area contributed by atoms with Gasteiger partial charge in [0.05, 0.1) is 5.66 Å². The van der Waals surface area contributed by atoms with E-state index >= 15 is 0 Å². The van der Waals surface area contributed by atoms with Crippen LogP contribution in [0.25, 0.3) is 0 Å². The maximum absolute atomic E-state index is 13.1. The predicted octanol–water partition coefficient (Wildman–Crippen LogP) is 2.29. The average molecular weight is 366 g/mol. The molecular weight excluding hydrogens is 334 g/mol. The molecule has 1 fully saturated rings. The third-order valence-corrected chi connectivity index (χ3v) is 6.67. The first-order chi connectivity index (χ1) is 11.4. The molecule has 2 N–H and O–H groups in total. The van der Waals surface area contributed by atoms with Crippen molar-refractivity contribution in [2.45, 2.75) is 71.8 Å². The number of nitrogens with zero attached hydrogens (tertiary/aromatic N) is 2. The number of hydrogen-bond donors (Lipinski definition) is 1. The van der Waals surface area contributed by atoms with Crippen LogP contribution in [0.1, 0.15) is 56.4 Å².